The van der Waals surface area contributed by atoms with Gasteiger partial charge in [0.1, 0.15) is 11.3 Å². The molecule has 3 aromatic heterocycles. The molecule has 0 saturated heterocycles. The normalized spacial score (nSPS) is 11.5. The molecular formula is C15H8BrClN2O. The molecule has 4 aromatic rings. The van der Waals surface area contributed by atoms with Gasteiger partial charge in [0, 0.05) is 16.1 Å². The van der Waals surface area contributed by atoms with E-state index in [4.69, 9.17) is 16.0 Å². The third kappa shape index (κ3) is 1.76. The third-order valence-corrected chi connectivity index (χ3v) is 4.01. The number of rotatable bonds is 1. The molecule has 98 valence electrons. The Kier molecular flexibility index (Phi) is 2.62. The number of fused-ring (bicyclic) bond motifs is 2. The van der Waals surface area contributed by atoms with E-state index in [2.05, 4.69) is 20.9 Å². The van der Waals surface area contributed by atoms with Crippen LogP contribution in [0.2, 0.25) is 5.02 Å². The Balaban J connectivity index is 1.99. The third-order valence-electron chi connectivity index (χ3n) is 3.22. The monoisotopic (exact) mass is 346 g/mol. The Labute approximate surface area is 127 Å². The molecular weight excluding hydrogens is 340 g/mol. The molecule has 0 saturated carbocycles. The van der Waals surface area contributed by atoms with E-state index < -0.39 is 0 Å². The standard InChI is InChI=1S/C15H8BrClN2O/c16-10-3-4-13-9(6-10)7-14(20-13)12-8-18-15-11(17)2-1-5-19(12)15/h1-8H. The molecule has 3 nitrogen and oxygen atoms in total. The summed E-state index contributed by atoms with van der Waals surface area (Å²) in [7, 11) is 0. The zero-order valence-corrected chi connectivity index (χ0v) is 12.5. The predicted octanol–water partition coefficient (Wildman–Crippen LogP) is 5.16. The first-order chi connectivity index (χ1) is 9.72. The molecule has 0 aliphatic heterocycles. The highest BCUT2D eigenvalue weighted by Crippen LogP contribution is 2.31. The average molecular weight is 348 g/mol. The number of imidazole rings is 1. The van der Waals surface area contributed by atoms with Crippen LogP contribution in [0, 0.1) is 0 Å². The quantitative estimate of drug-likeness (QED) is 0.476. The molecule has 0 N–H and O–H groups in total. The summed E-state index contributed by atoms with van der Waals surface area (Å²) in [4.78, 5) is 4.34. The number of nitrogens with zero attached hydrogens (tertiary/aromatic N) is 2. The number of aromatic nitrogens is 2. The minimum Gasteiger partial charge on any atom is -0.454 e. The fourth-order valence-electron chi connectivity index (χ4n) is 2.30. The molecule has 0 aliphatic carbocycles. The highest BCUT2D eigenvalue weighted by Gasteiger charge is 2.12. The molecule has 0 atom stereocenters. The van der Waals surface area contributed by atoms with E-state index in [9.17, 15) is 0 Å². The van der Waals surface area contributed by atoms with Crippen LogP contribution in [0.1, 0.15) is 0 Å². The topological polar surface area (TPSA) is 30.4 Å². The summed E-state index contributed by atoms with van der Waals surface area (Å²) in [6.45, 7) is 0. The SMILES string of the molecule is Clc1cccn2c(-c3cc4cc(Br)ccc4o3)cnc12. The van der Waals surface area contributed by atoms with Crippen LogP contribution in [-0.4, -0.2) is 9.38 Å². The highest BCUT2D eigenvalue weighted by molar-refractivity contribution is 9.10. The largest absolute Gasteiger partial charge is 0.454 e. The summed E-state index contributed by atoms with van der Waals surface area (Å²) < 4.78 is 8.84. The summed E-state index contributed by atoms with van der Waals surface area (Å²) >= 11 is 9.60. The maximum Gasteiger partial charge on any atom is 0.156 e. The lowest BCUT2D eigenvalue weighted by atomic mass is 10.2. The van der Waals surface area contributed by atoms with E-state index in [1.54, 1.807) is 6.20 Å². The second-order valence-corrected chi connectivity index (χ2v) is 5.81. The van der Waals surface area contributed by atoms with Crippen LogP contribution < -0.4 is 0 Å². The van der Waals surface area contributed by atoms with Crippen molar-refractivity contribution in [1.29, 1.82) is 0 Å². The van der Waals surface area contributed by atoms with Crippen molar-refractivity contribution in [3.8, 4) is 11.5 Å². The number of furan rings is 1. The van der Waals surface area contributed by atoms with Crippen molar-refractivity contribution in [2.24, 2.45) is 0 Å². The van der Waals surface area contributed by atoms with Crippen LogP contribution in [0.15, 0.2) is 57.7 Å². The molecule has 4 rings (SSSR count). The van der Waals surface area contributed by atoms with Crippen molar-refractivity contribution < 1.29 is 4.42 Å². The average Bonchev–Trinajstić information content (AvgIpc) is 3.01. The summed E-state index contributed by atoms with van der Waals surface area (Å²) in [6.07, 6.45) is 3.70. The van der Waals surface area contributed by atoms with Crippen LogP contribution in [0.5, 0.6) is 0 Å². The van der Waals surface area contributed by atoms with Crippen molar-refractivity contribution in [2.45, 2.75) is 0 Å². The van der Waals surface area contributed by atoms with Gasteiger partial charge in [-0.05, 0) is 36.4 Å². The summed E-state index contributed by atoms with van der Waals surface area (Å²) in [5.74, 6) is 0.771. The predicted molar refractivity (Wildman–Crippen MR) is 83.1 cm³/mol. The summed E-state index contributed by atoms with van der Waals surface area (Å²) in [5, 5.41) is 1.67. The fraction of sp³-hybridized carbons (Fsp3) is 0. The van der Waals surface area contributed by atoms with E-state index in [1.165, 1.54) is 0 Å². The van der Waals surface area contributed by atoms with Crippen molar-refractivity contribution >= 4 is 44.1 Å². The summed E-state index contributed by atoms with van der Waals surface area (Å²) in [5.41, 5.74) is 2.46. The molecule has 3 heterocycles. The first-order valence-corrected chi connectivity index (χ1v) is 7.20. The van der Waals surface area contributed by atoms with Gasteiger partial charge in [-0.1, -0.05) is 27.5 Å². The van der Waals surface area contributed by atoms with Gasteiger partial charge in [-0.3, -0.25) is 4.40 Å². The lowest BCUT2D eigenvalue weighted by Crippen LogP contribution is -1.86. The van der Waals surface area contributed by atoms with Gasteiger partial charge in [-0.2, -0.15) is 0 Å². The van der Waals surface area contributed by atoms with E-state index in [-0.39, 0.29) is 0 Å². The van der Waals surface area contributed by atoms with Crippen LogP contribution >= 0.6 is 27.5 Å². The first kappa shape index (κ1) is 12.0. The minimum absolute atomic E-state index is 0.623. The molecule has 0 radical (unpaired) electrons. The van der Waals surface area contributed by atoms with Gasteiger partial charge in [0.2, 0.25) is 0 Å². The van der Waals surface area contributed by atoms with Gasteiger partial charge in [0.15, 0.2) is 11.4 Å². The molecule has 5 heteroatoms. The molecule has 0 bridgehead atoms. The molecule has 0 fully saturated rings. The molecule has 0 unspecified atom stereocenters. The Morgan fingerprint density at radius 3 is 3.00 bits per heavy atom. The number of benzene rings is 1. The molecule has 0 spiro atoms. The van der Waals surface area contributed by atoms with Gasteiger partial charge in [0.05, 0.1) is 11.2 Å². The number of hydrogen-bond donors (Lipinski definition) is 0. The van der Waals surface area contributed by atoms with E-state index in [1.807, 2.05) is 47.0 Å². The maximum absolute atomic E-state index is 6.14. The molecule has 0 aliphatic rings. The smallest absolute Gasteiger partial charge is 0.156 e. The lowest BCUT2D eigenvalue weighted by Gasteiger charge is -1.98. The second kappa shape index (κ2) is 4.36. The van der Waals surface area contributed by atoms with Crippen molar-refractivity contribution in [2.75, 3.05) is 0 Å². The van der Waals surface area contributed by atoms with Crippen molar-refractivity contribution in [1.82, 2.24) is 9.38 Å². The highest BCUT2D eigenvalue weighted by atomic mass is 79.9. The van der Waals surface area contributed by atoms with Gasteiger partial charge >= 0.3 is 0 Å². The molecule has 20 heavy (non-hydrogen) atoms. The zero-order chi connectivity index (χ0) is 13.7. The van der Waals surface area contributed by atoms with E-state index in [0.29, 0.717) is 5.02 Å². The second-order valence-electron chi connectivity index (χ2n) is 4.49. The molecule has 0 amide bonds. The van der Waals surface area contributed by atoms with Gasteiger partial charge in [-0.25, -0.2) is 4.98 Å². The Bertz CT molecular complexity index is 942. The number of halogens is 2. The van der Waals surface area contributed by atoms with Crippen LogP contribution in [-0.2, 0) is 0 Å². The van der Waals surface area contributed by atoms with E-state index >= 15 is 0 Å². The van der Waals surface area contributed by atoms with Crippen LogP contribution in [0.25, 0.3) is 28.1 Å². The fourth-order valence-corrected chi connectivity index (χ4v) is 2.89. The summed E-state index contributed by atoms with van der Waals surface area (Å²) in [6, 6.07) is 11.6. The van der Waals surface area contributed by atoms with Gasteiger partial charge in [0.25, 0.3) is 0 Å². The number of hydrogen-bond acceptors (Lipinski definition) is 2. The maximum atomic E-state index is 6.14. The van der Waals surface area contributed by atoms with Crippen molar-refractivity contribution in [3.63, 3.8) is 0 Å². The Morgan fingerprint density at radius 1 is 1.20 bits per heavy atom. The Hall–Kier alpha value is -1.78. The van der Waals surface area contributed by atoms with Gasteiger partial charge in [-0.15, -0.1) is 0 Å². The van der Waals surface area contributed by atoms with Gasteiger partial charge < -0.3 is 4.42 Å². The minimum atomic E-state index is 0.623. The Morgan fingerprint density at radius 2 is 2.10 bits per heavy atom. The molecule has 1 aromatic carbocycles. The van der Waals surface area contributed by atoms with Crippen LogP contribution in [0.3, 0.4) is 0 Å². The van der Waals surface area contributed by atoms with Crippen molar-refractivity contribution in [3.05, 3.63) is 58.3 Å². The lowest BCUT2D eigenvalue weighted by molar-refractivity contribution is 0.628. The number of pyridine rings is 1. The first-order valence-electron chi connectivity index (χ1n) is 6.03. The van der Waals surface area contributed by atoms with Crippen LogP contribution in [0.4, 0.5) is 0 Å². The van der Waals surface area contributed by atoms with E-state index in [0.717, 1.165) is 32.5 Å². The zero-order valence-electron chi connectivity index (χ0n) is 10.2.